The van der Waals surface area contributed by atoms with Crippen molar-refractivity contribution in [2.75, 3.05) is 7.11 Å². The third-order valence-electron chi connectivity index (χ3n) is 4.64. The van der Waals surface area contributed by atoms with E-state index in [-0.39, 0.29) is 28.9 Å². The summed E-state index contributed by atoms with van der Waals surface area (Å²) in [6.45, 7) is 0. The quantitative estimate of drug-likeness (QED) is 0.355. The van der Waals surface area contributed by atoms with E-state index in [9.17, 15) is 14.0 Å². The van der Waals surface area contributed by atoms with Gasteiger partial charge in [0, 0.05) is 6.42 Å². The van der Waals surface area contributed by atoms with Crippen LogP contribution in [0.4, 0.5) is 4.39 Å². The number of carbonyl (C=O) groups excluding carboxylic acids is 1. The highest BCUT2D eigenvalue weighted by atomic mass is 19.1. The molecule has 4 aromatic rings. The predicted molar refractivity (Wildman–Crippen MR) is 110 cm³/mol. The molecule has 0 N–H and O–H groups in total. The van der Waals surface area contributed by atoms with Crippen molar-refractivity contribution in [3.8, 4) is 11.5 Å². The van der Waals surface area contributed by atoms with Crippen LogP contribution in [0.15, 0.2) is 82.0 Å². The standard InChI is InChI=1S/C24H17FO5/c1-28-19-11-6-12-20-21(19)22(30-23(26)16-9-5-10-17(25)14-16)18(24(27)29-20)13-15-7-3-2-4-8-15/h2-12,14H,13H2,1H3. The molecular formula is C24H17FO5. The maximum absolute atomic E-state index is 13.6. The van der Waals surface area contributed by atoms with Crippen LogP contribution in [0.25, 0.3) is 11.0 Å². The number of fused-ring (bicyclic) bond motifs is 1. The summed E-state index contributed by atoms with van der Waals surface area (Å²) in [5.41, 5.74) is 0.627. The molecule has 0 bridgehead atoms. The molecule has 0 spiro atoms. The van der Waals surface area contributed by atoms with Crippen molar-refractivity contribution in [2.45, 2.75) is 6.42 Å². The summed E-state index contributed by atoms with van der Waals surface area (Å²) in [6.07, 6.45) is 0.183. The molecule has 6 heteroatoms. The zero-order chi connectivity index (χ0) is 21.1. The number of hydrogen-bond donors (Lipinski definition) is 0. The Bertz CT molecular complexity index is 1280. The van der Waals surface area contributed by atoms with E-state index in [0.29, 0.717) is 11.1 Å². The van der Waals surface area contributed by atoms with E-state index in [1.807, 2.05) is 30.3 Å². The molecule has 0 fully saturated rings. The van der Waals surface area contributed by atoms with Crippen LogP contribution in [0.2, 0.25) is 0 Å². The molecule has 0 aliphatic heterocycles. The molecule has 0 saturated carbocycles. The number of halogens is 1. The lowest BCUT2D eigenvalue weighted by molar-refractivity contribution is 0.0734. The average molecular weight is 404 g/mol. The molecule has 150 valence electrons. The van der Waals surface area contributed by atoms with Crippen LogP contribution in [-0.2, 0) is 6.42 Å². The fourth-order valence-electron chi connectivity index (χ4n) is 3.23. The molecule has 5 nitrogen and oxygen atoms in total. The minimum absolute atomic E-state index is 0.0250. The molecule has 0 aliphatic carbocycles. The second-order valence-corrected chi connectivity index (χ2v) is 6.59. The van der Waals surface area contributed by atoms with Gasteiger partial charge in [0.2, 0.25) is 0 Å². The topological polar surface area (TPSA) is 65.7 Å². The first-order valence-electron chi connectivity index (χ1n) is 9.21. The van der Waals surface area contributed by atoms with Crippen LogP contribution in [0, 0.1) is 5.82 Å². The molecule has 0 aliphatic rings. The SMILES string of the molecule is COc1cccc2oc(=O)c(Cc3ccccc3)c(OC(=O)c3cccc(F)c3)c12. The summed E-state index contributed by atoms with van der Waals surface area (Å²) in [7, 11) is 1.47. The number of esters is 1. The van der Waals surface area contributed by atoms with Gasteiger partial charge in [-0.1, -0.05) is 42.5 Å². The molecule has 4 rings (SSSR count). The molecule has 0 atom stereocenters. The summed E-state index contributed by atoms with van der Waals surface area (Å²) in [4.78, 5) is 25.5. The molecule has 3 aromatic carbocycles. The van der Waals surface area contributed by atoms with E-state index in [0.717, 1.165) is 11.6 Å². The van der Waals surface area contributed by atoms with E-state index in [4.69, 9.17) is 13.9 Å². The summed E-state index contributed by atoms with van der Waals surface area (Å²) in [5, 5.41) is 0.357. The molecule has 0 saturated heterocycles. The minimum Gasteiger partial charge on any atom is -0.496 e. The molecule has 30 heavy (non-hydrogen) atoms. The third-order valence-corrected chi connectivity index (χ3v) is 4.64. The van der Waals surface area contributed by atoms with Crippen molar-refractivity contribution in [3.05, 3.63) is 106 Å². The van der Waals surface area contributed by atoms with Crippen LogP contribution in [0.3, 0.4) is 0 Å². The van der Waals surface area contributed by atoms with Gasteiger partial charge >= 0.3 is 11.6 Å². The van der Waals surface area contributed by atoms with Gasteiger partial charge < -0.3 is 13.9 Å². The van der Waals surface area contributed by atoms with Gasteiger partial charge in [0.15, 0.2) is 5.75 Å². The number of hydrogen-bond acceptors (Lipinski definition) is 5. The van der Waals surface area contributed by atoms with Gasteiger partial charge in [0.25, 0.3) is 0 Å². The van der Waals surface area contributed by atoms with Gasteiger partial charge in [0.05, 0.1) is 18.2 Å². The Balaban J connectivity index is 1.90. The second-order valence-electron chi connectivity index (χ2n) is 6.59. The summed E-state index contributed by atoms with van der Waals surface area (Å²) in [5.74, 6) is -0.935. The van der Waals surface area contributed by atoms with Gasteiger partial charge in [0.1, 0.15) is 22.5 Å². The molecule has 0 amide bonds. The van der Waals surface area contributed by atoms with Gasteiger partial charge in [-0.15, -0.1) is 0 Å². The van der Waals surface area contributed by atoms with E-state index in [2.05, 4.69) is 0 Å². The third kappa shape index (κ3) is 3.80. The minimum atomic E-state index is -0.790. The van der Waals surface area contributed by atoms with Gasteiger partial charge in [-0.05, 0) is 35.9 Å². The number of methoxy groups -OCH3 is 1. The molecule has 1 heterocycles. The highest BCUT2D eigenvalue weighted by Crippen LogP contribution is 2.36. The Labute approximate surface area is 171 Å². The van der Waals surface area contributed by atoms with Crippen LogP contribution in [0.1, 0.15) is 21.5 Å². The van der Waals surface area contributed by atoms with Crippen molar-refractivity contribution >= 4 is 16.9 Å². The van der Waals surface area contributed by atoms with Crippen LogP contribution in [-0.4, -0.2) is 13.1 Å². The molecular weight excluding hydrogens is 387 g/mol. The van der Waals surface area contributed by atoms with Crippen molar-refractivity contribution in [2.24, 2.45) is 0 Å². The number of rotatable bonds is 5. The normalized spacial score (nSPS) is 10.7. The summed E-state index contributed by atoms with van der Waals surface area (Å²) in [6, 6.07) is 19.3. The lowest BCUT2D eigenvalue weighted by Crippen LogP contribution is -2.16. The highest BCUT2D eigenvalue weighted by molar-refractivity contribution is 5.97. The van der Waals surface area contributed by atoms with E-state index in [1.165, 1.54) is 25.3 Å². The second kappa shape index (κ2) is 8.21. The number of benzene rings is 3. The van der Waals surface area contributed by atoms with Crippen molar-refractivity contribution < 1.29 is 23.1 Å². The first-order chi connectivity index (χ1) is 14.6. The van der Waals surface area contributed by atoms with Crippen LogP contribution >= 0.6 is 0 Å². The largest absolute Gasteiger partial charge is 0.496 e. The monoisotopic (exact) mass is 404 g/mol. The zero-order valence-electron chi connectivity index (χ0n) is 16.1. The van der Waals surface area contributed by atoms with Gasteiger partial charge in [-0.25, -0.2) is 14.0 Å². The summed E-state index contributed by atoms with van der Waals surface area (Å²) >= 11 is 0. The van der Waals surface area contributed by atoms with Crippen molar-refractivity contribution in [3.63, 3.8) is 0 Å². The zero-order valence-corrected chi connectivity index (χ0v) is 16.1. The lowest BCUT2D eigenvalue weighted by Gasteiger charge is -2.14. The Morgan fingerprint density at radius 2 is 1.77 bits per heavy atom. The van der Waals surface area contributed by atoms with Crippen LogP contribution in [0.5, 0.6) is 11.5 Å². The Morgan fingerprint density at radius 1 is 1.00 bits per heavy atom. The molecule has 0 radical (unpaired) electrons. The number of ether oxygens (including phenoxy) is 2. The predicted octanol–water partition coefficient (Wildman–Crippen LogP) is 4.75. The molecule has 0 unspecified atom stereocenters. The Kier molecular flexibility index (Phi) is 5.30. The van der Waals surface area contributed by atoms with E-state index in [1.54, 1.807) is 18.2 Å². The fourth-order valence-corrected chi connectivity index (χ4v) is 3.23. The van der Waals surface area contributed by atoms with Gasteiger partial charge in [-0.3, -0.25) is 0 Å². The van der Waals surface area contributed by atoms with Crippen molar-refractivity contribution in [1.82, 2.24) is 0 Å². The van der Waals surface area contributed by atoms with Crippen LogP contribution < -0.4 is 15.1 Å². The number of carbonyl (C=O) groups is 1. The van der Waals surface area contributed by atoms with Gasteiger partial charge in [-0.2, -0.15) is 0 Å². The first-order valence-corrected chi connectivity index (χ1v) is 9.21. The first kappa shape index (κ1) is 19.4. The van der Waals surface area contributed by atoms with Crippen molar-refractivity contribution in [1.29, 1.82) is 0 Å². The molecule has 1 aromatic heterocycles. The highest BCUT2D eigenvalue weighted by Gasteiger charge is 2.23. The van der Waals surface area contributed by atoms with E-state index >= 15 is 0 Å². The lowest BCUT2D eigenvalue weighted by atomic mass is 10.0. The summed E-state index contributed by atoms with van der Waals surface area (Å²) < 4.78 is 30.1. The maximum atomic E-state index is 13.6. The Morgan fingerprint density at radius 3 is 2.50 bits per heavy atom. The average Bonchev–Trinajstić information content (AvgIpc) is 2.76. The maximum Gasteiger partial charge on any atom is 0.343 e. The van der Waals surface area contributed by atoms with E-state index < -0.39 is 17.4 Å². The fraction of sp³-hybridized carbons (Fsp3) is 0.0833. The smallest absolute Gasteiger partial charge is 0.343 e. The Hall–Kier alpha value is -3.93.